The third kappa shape index (κ3) is 3.31. The summed E-state index contributed by atoms with van der Waals surface area (Å²) in [4.78, 5) is 11.5. The van der Waals surface area contributed by atoms with Crippen molar-refractivity contribution in [3.8, 4) is 0 Å². The van der Waals surface area contributed by atoms with E-state index in [1.165, 1.54) is 15.6 Å². The van der Waals surface area contributed by atoms with Gasteiger partial charge < -0.3 is 0 Å². The summed E-state index contributed by atoms with van der Waals surface area (Å²) in [5.41, 5.74) is 4.11. The maximum atomic E-state index is 11.5. The number of fused-ring (bicyclic) bond motifs is 1. The molecule has 1 N–H and O–H groups in total. The summed E-state index contributed by atoms with van der Waals surface area (Å²) < 4.78 is 1.32. The number of hydrazine groups is 1. The number of carbonyl (C=O) groups is 1. The van der Waals surface area contributed by atoms with Gasteiger partial charge in [0.25, 0.3) is 0 Å². The minimum Gasteiger partial charge on any atom is -0.289 e. The summed E-state index contributed by atoms with van der Waals surface area (Å²) in [6.45, 7) is 0. The van der Waals surface area contributed by atoms with Crippen molar-refractivity contribution in [1.82, 2.24) is 10.4 Å². The Hall–Kier alpha value is -1.39. The van der Waals surface area contributed by atoms with E-state index in [9.17, 15) is 4.79 Å². The Morgan fingerprint density at radius 2 is 2.11 bits per heavy atom. The van der Waals surface area contributed by atoms with Crippen molar-refractivity contribution in [3.05, 3.63) is 35.2 Å². The van der Waals surface area contributed by atoms with Crippen molar-refractivity contribution < 1.29 is 4.79 Å². The second kappa shape index (κ2) is 5.98. The second-order valence-corrected chi connectivity index (χ2v) is 5.45. The number of carbonyl (C=O) groups excluding carboxylic acids is 1. The lowest BCUT2D eigenvalue weighted by Crippen LogP contribution is -2.35. The first-order chi connectivity index (χ1) is 8.66. The van der Waals surface area contributed by atoms with Crippen LogP contribution in [0.25, 0.3) is 10.1 Å². The minimum absolute atomic E-state index is 0.0829. The van der Waals surface area contributed by atoms with Gasteiger partial charge in [0.05, 0.1) is 0 Å². The van der Waals surface area contributed by atoms with Gasteiger partial charge in [0.2, 0.25) is 5.91 Å². The van der Waals surface area contributed by atoms with E-state index in [0.717, 1.165) is 12.8 Å². The first-order valence-electron chi connectivity index (χ1n) is 6.09. The molecule has 0 radical (unpaired) electrons. The molecule has 3 nitrogen and oxygen atoms in total. The molecule has 2 rings (SSSR count). The van der Waals surface area contributed by atoms with Crippen molar-refractivity contribution in [2.75, 3.05) is 14.1 Å². The molecule has 1 aromatic heterocycles. The number of hydrogen-bond acceptors (Lipinski definition) is 3. The van der Waals surface area contributed by atoms with E-state index >= 15 is 0 Å². The zero-order valence-electron chi connectivity index (χ0n) is 10.8. The Bertz CT molecular complexity index is 533. The summed E-state index contributed by atoms with van der Waals surface area (Å²) in [5.74, 6) is 0.0829. The quantitative estimate of drug-likeness (QED) is 0.840. The monoisotopic (exact) mass is 262 g/mol. The predicted octanol–water partition coefficient (Wildman–Crippen LogP) is 2.82. The van der Waals surface area contributed by atoms with E-state index < -0.39 is 0 Å². The maximum absolute atomic E-state index is 11.5. The van der Waals surface area contributed by atoms with Crippen LogP contribution in [0.3, 0.4) is 0 Å². The van der Waals surface area contributed by atoms with Crippen molar-refractivity contribution in [2.45, 2.75) is 19.3 Å². The molecule has 0 saturated heterocycles. The van der Waals surface area contributed by atoms with Gasteiger partial charge in [0.1, 0.15) is 0 Å². The molecule has 18 heavy (non-hydrogen) atoms. The van der Waals surface area contributed by atoms with Crippen molar-refractivity contribution >= 4 is 27.3 Å². The molecular weight excluding hydrogens is 244 g/mol. The van der Waals surface area contributed by atoms with Gasteiger partial charge in [0.15, 0.2) is 0 Å². The number of nitrogens with one attached hydrogen (secondary N) is 1. The Morgan fingerprint density at radius 3 is 2.89 bits per heavy atom. The van der Waals surface area contributed by atoms with Crippen LogP contribution in [-0.2, 0) is 11.2 Å². The summed E-state index contributed by atoms with van der Waals surface area (Å²) >= 11 is 1.77. The van der Waals surface area contributed by atoms with Gasteiger partial charge in [-0.25, -0.2) is 5.01 Å². The first kappa shape index (κ1) is 13.1. The number of rotatable bonds is 5. The van der Waals surface area contributed by atoms with Crippen LogP contribution in [0.1, 0.15) is 18.4 Å². The second-order valence-electron chi connectivity index (χ2n) is 4.54. The Kier molecular flexibility index (Phi) is 4.33. The fraction of sp³-hybridized carbons (Fsp3) is 0.357. The van der Waals surface area contributed by atoms with Gasteiger partial charge in [-0.05, 0) is 35.2 Å². The highest BCUT2D eigenvalue weighted by atomic mass is 32.1. The highest BCUT2D eigenvalue weighted by Crippen LogP contribution is 2.26. The normalized spacial score (nSPS) is 11.1. The largest absolute Gasteiger partial charge is 0.289 e. The zero-order chi connectivity index (χ0) is 13.0. The van der Waals surface area contributed by atoms with Crippen LogP contribution in [0.4, 0.5) is 0 Å². The van der Waals surface area contributed by atoms with E-state index in [1.54, 1.807) is 16.3 Å². The van der Waals surface area contributed by atoms with E-state index in [-0.39, 0.29) is 5.91 Å². The Balaban J connectivity index is 1.89. The Labute approximate surface area is 111 Å². The van der Waals surface area contributed by atoms with Crippen LogP contribution in [0.15, 0.2) is 29.6 Å². The molecule has 0 fully saturated rings. The number of benzene rings is 1. The zero-order valence-corrected chi connectivity index (χ0v) is 11.6. The lowest BCUT2D eigenvalue weighted by molar-refractivity contribution is -0.124. The summed E-state index contributed by atoms with van der Waals surface area (Å²) in [5, 5.41) is 5.21. The van der Waals surface area contributed by atoms with Crippen LogP contribution in [-0.4, -0.2) is 25.0 Å². The molecule has 1 aromatic carbocycles. The lowest BCUT2D eigenvalue weighted by Gasteiger charge is -2.11. The number of thiophene rings is 1. The van der Waals surface area contributed by atoms with Gasteiger partial charge in [-0.3, -0.25) is 10.2 Å². The van der Waals surface area contributed by atoms with Gasteiger partial charge in [-0.1, -0.05) is 18.2 Å². The molecule has 0 unspecified atom stereocenters. The number of amides is 1. The van der Waals surface area contributed by atoms with Crippen molar-refractivity contribution in [2.24, 2.45) is 0 Å². The van der Waals surface area contributed by atoms with E-state index in [1.807, 2.05) is 14.1 Å². The maximum Gasteiger partial charge on any atom is 0.234 e. The predicted molar refractivity (Wildman–Crippen MR) is 76.6 cm³/mol. The molecule has 0 aliphatic rings. The molecule has 1 amide bonds. The Morgan fingerprint density at radius 1 is 1.33 bits per heavy atom. The molecule has 0 aliphatic carbocycles. The standard InChI is InChI=1S/C14H18N2OS/c1-16(2)15-14(17)9-5-6-11-10-18-13-8-4-3-7-12(11)13/h3-4,7-8,10H,5-6,9H2,1-2H3,(H,15,17). The number of hydrogen-bond donors (Lipinski definition) is 1. The van der Waals surface area contributed by atoms with Crippen molar-refractivity contribution in [3.63, 3.8) is 0 Å². The summed E-state index contributed by atoms with van der Waals surface area (Å²) in [6.07, 6.45) is 2.42. The van der Waals surface area contributed by atoms with Crippen LogP contribution in [0.2, 0.25) is 0 Å². The number of aryl methyl sites for hydroxylation is 1. The molecule has 0 aliphatic heterocycles. The summed E-state index contributed by atoms with van der Waals surface area (Å²) in [6, 6.07) is 8.42. The van der Waals surface area contributed by atoms with Gasteiger partial charge in [-0.2, -0.15) is 0 Å². The highest BCUT2D eigenvalue weighted by Gasteiger charge is 2.05. The molecule has 2 aromatic rings. The molecule has 0 saturated carbocycles. The third-order valence-electron chi connectivity index (χ3n) is 2.76. The smallest absolute Gasteiger partial charge is 0.234 e. The molecular formula is C14H18N2OS. The topological polar surface area (TPSA) is 32.3 Å². The molecule has 0 atom stereocenters. The lowest BCUT2D eigenvalue weighted by atomic mass is 10.1. The van der Waals surface area contributed by atoms with Crippen LogP contribution < -0.4 is 5.43 Å². The van der Waals surface area contributed by atoms with Crippen LogP contribution in [0.5, 0.6) is 0 Å². The SMILES string of the molecule is CN(C)NC(=O)CCCc1csc2ccccc12. The highest BCUT2D eigenvalue weighted by molar-refractivity contribution is 7.17. The molecule has 0 bridgehead atoms. The third-order valence-corrected chi connectivity index (χ3v) is 3.77. The molecule has 0 spiro atoms. The molecule has 96 valence electrons. The fourth-order valence-corrected chi connectivity index (χ4v) is 2.97. The molecule has 4 heteroatoms. The first-order valence-corrected chi connectivity index (χ1v) is 6.96. The van der Waals surface area contributed by atoms with E-state index in [2.05, 4.69) is 35.1 Å². The van der Waals surface area contributed by atoms with Gasteiger partial charge in [0, 0.05) is 25.2 Å². The summed E-state index contributed by atoms with van der Waals surface area (Å²) in [7, 11) is 3.65. The van der Waals surface area contributed by atoms with Crippen LogP contribution >= 0.6 is 11.3 Å². The van der Waals surface area contributed by atoms with E-state index in [4.69, 9.17) is 0 Å². The fourth-order valence-electron chi connectivity index (χ4n) is 1.97. The average molecular weight is 262 g/mol. The number of nitrogens with zero attached hydrogens (tertiary/aromatic N) is 1. The van der Waals surface area contributed by atoms with Gasteiger partial charge >= 0.3 is 0 Å². The average Bonchev–Trinajstić information content (AvgIpc) is 2.72. The van der Waals surface area contributed by atoms with Crippen LogP contribution in [0, 0.1) is 0 Å². The van der Waals surface area contributed by atoms with Gasteiger partial charge in [-0.15, -0.1) is 11.3 Å². The van der Waals surface area contributed by atoms with E-state index in [0.29, 0.717) is 6.42 Å². The van der Waals surface area contributed by atoms with Crippen molar-refractivity contribution in [1.29, 1.82) is 0 Å². The minimum atomic E-state index is 0.0829. The molecule has 1 heterocycles.